The molecule has 170 valence electrons. The third-order valence-corrected chi connectivity index (χ3v) is 5.43. The molecule has 0 saturated carbocycles. The van der Waals surface area contributed by atoms with Crippen molar-refractivity contribution in [1.82, 2.24) is 19.9 Å². The van der Waals surface area contributed by atoms with E-state index in [9.17, 15) is 9.59 Å². The summed E-state index contributed by atoms with van der Waals surface area (Å²) >= 11 is 0. The minimum absolute atomic E-state index is 0.155. The van der Waals surface area contributed by atoms with Gasteiger partial charge in [-0.2, -0.15) is 10.4 Å². The summed E-state index contributed by atoms with van der Waals surface area (Å²) in [4.78, 5) is 31.5. The monoisotopic (exact) mass is 452 g/mol. The summed E-state index contributed by atoms with van der Waals surface area (Å²) in [5.74, 6) is 0.0993. The van der Waals surface area contributed by atoms with Gasteiger partial charge in [-0.25, -0.2) is 9.50 Å². The number of fused-ring (bicyclic) bond motifs is 1. The van der Waals surface area contributed by atoms with Gasteiger partial charge in [0.05, 0.1) is 17.3 Å². The van der Waals surface area contributed by atoms with Gasteiger partial charge in [0.15, 0.2) is 0 Å². The summed E-state index contributed by atoms with van der Waals surface area (Å²) < 4.78 is 1.71. The third kappa shape index (κ3) is 4.24. The number of aromatic nitrogens is 3. The Balaban J connectivity index is 1.74. The first-order valence-electron chi connectivity index (χ1n) is 10.7. The largest absolute Gasteiger partial charge is 0.355 e. The topological polar surface area (TPSA) is 103 Å². The van der Waals surface area contributed by atoms with E-state index in [1.807, 2.05) is 39.0 Å². The van der Waals surface area contributed by atoms with Gasteiger partial charge in [-0.1, -0.05) is 12.1 Å². The molecule has 0 aliphatic carbocycles. The maximum absolute atomic E-state index is 13.7. The Morgan fingerprint density at radius 1 is 1.03 bits per heavy atom. The number of carbonyl (C=O) groups excluding carboxylic acids is 2. The maximum atomic E-state index is 13.7. The zero-order valence-corrected chi connectivity index (χ0v) is 19.4. The highest BCUT2D eigenvalue weighted by molar-refractivity contribution is 6.07. The van der Waals surface area contributed by atoms with Crippen molar-refractivity contribution >= 4 is 23.1 Å². The zero-order valence-electron chi connectivity index (χ0n) is 19.4. The van der Waals surface area contributed by atoms with Gasteiger partial charge in [0.2, 0.25) is 0 Å². The van der Waals surface area contributed by atoms with E-state index in [1.165, 1.54) is 6.20 Å². The molecule has 8 heteroatoms. The molecular weight excluding hydrogens is 428 g/mol. The van der Waals surface area contributed by atoms with Crippen LogP contribution in [0.25, 0.3) is 16.6 Å². The molecule has 1 aromatic carbocycles. The number of amides is 2. The molecule has 0 saturated heterocycles. The predicted molar refractivity (Wildman–Crippen MR) is 130 cm³/mol. The Labute approximate surface area is 197 Å². The van der Waals surface area contributed by atoms with Crippen molar-refractivity contribution in [2.75, 3.05) is 11.9 Å². The molecule has 0 atom stereocenters. The average molecular weight is 453 g/mol. The minimum atomic E-state index is -0.552. The zero-order chi connectivity index (χ0) is 24.5. The number of hydrogen-bond donors (Lipinski definition) is 1. The van der Waals surface area contributed by atoms with Crippen LogP contribution in [0.15, 0.2) is 67.1 Å². The molecule has 4 aromatic rings. The van der Waals surface area contributed by atoms with Gasteiger partial charge < -0.3 is 5.32 Å². The van der Waals surface area contributed by atoms with Crippen LogP contribution in [0.4, 0.5) is 5.82 Å². The van der Waals surface area contributed by atoms with Crippen LogP contribution in [0.3, 0.4) is 0 Å². The SMILES string of the molecule is CNC(=O)c1ccc(-c2cnn3ccc(C(=O)N(c4ccc(C#N)cn4)C(C)(C)C)cc23)cc1. The van der Waals surface area contributed by atoms with Crippen LogP contribution in [0, 0.1) is 11.3 Å². The fraction of sp³-hybridized carbons (Fsp3) is 0.192. The van der Waals surface area contributed by atoms with Crippen molar-refractivity contribution in [2.45, 2.75) is 26.3 Å². The van der Waals surface area contributed by atoms with E-state index < -0.39 is 5.54 Å². The quantitative estimate of drug-likeness (QED) is 0.503. The van der Waals surface area contributed by atoms with Gasteiger partial charge >= 0.3 is 0 Å². The summed E-state index contributed by atoms with van der Waals surface area (Å²) in [5.41, 5.74) is 3.42. The number of nitrogens with one attached hydrogen (secondary N) is 1. The molecule has 2 amide bonds. The lowest BCUT2D eigenvalue weighted by Gasteiger charge is -2.34. The third-order valence-electron chi connectivity index (χ3n) is 5.43. The number of hydrogen-bond acceptors (Lipinski definition) is 5. The smallest absolute Gasteiger partial charge is 0.260 e. The van der Waals surface area contributed by atoms with Crippen LogP contribution in [-0.2, 0) is 0 Å². The Hall–Kier alpha value is -4.51. The Bertz CT molecular complexity index is 1410. The van der Waals surface area contributed by atoms with E-state index in [2.05, 4.69) is 15.4 Å². The molecule has 3 aromatic heterocycles. The lowest BCUT2D eigenvalue weighted by Crippen LogP contribution is -2.46. The van der Waals surface area contributed by atoms with E-state index in [4.69, 9.17) is 5.26 Å². The Morgan fingerprint density at radius 3 is 2.35 bits per heavy atom. The first kappa shape index (κ1) is 22.7. The first-order chi connectivity index (χ1) is 16.2. The molecule has 8 nitrogen and oxygen atoms in total. The van der Waals surface area contributed by atoms with Gasteiger partial charge in [0, 0.05) is 41.7 Å². The van der Waals surface area contributed by atoms with Crippen molar-refractivity contribution in [2.24, 2.45) is 0 Å². The summed E-state index contributed by atoms with van der Waals surface area (Å²) in [6, 6.07) is 16.1. The molecule has 0 radical (unpaired) electrons. The molecule has 0 aliphatic heterocycles. The second kappa shape index (κ2) is 8.79. The first-order valence-corrected chi connectivity index (χ1v) is 10.7. The normalized spacial score (nSPS) is 11.1. The van der Waals surface area contributed by atoms with E-state index in [-0.39, 0.29) is 11.8 Å². The second-order valence-corrected chi connectivity index (χ2v) is 8.79. The molecule has 4 rings (SSSR count). The minimum Gasteiger partial charge on any atom is -0.355 e. The van der Waals surface area contributed by atoms with Crippen molar-refractivity contribution in [3.8, 4) is 17.2 Å². The van der Waals surface area contributed by atoms with Crippen LogP contribution in [0.2, 0.25) is 0 Å². The summed E-state index contributed by atoms with van der Waals surface area (Å²) in [5, 5.41) is 16.1. The lowest BCUT2D eigenvalue weighted by atomic mass is 10.0. The molecule has 0 spiro atoms. The van der Waals surface area contributed by atoms with Crippen LogP contribution in [0.5, 0.6) is 0 Å². The number of rotatable bonds is 4. The van der Waals surface area contributed by atoms with Gasteiger partial charge in [-0.3, -0.25) is 14.5 Å². The number of benzene rings is 1. The lowest BCUT2D eigenvalue weighted by molar-refractivity contribution is 0.0955. The highest BCUT2D eigenvalue weighted by Gasteiger charge is 2.30. The van der Waals surface area contributed by atoms with Gasteiger partial charge in [-0.05, 0) is 62.7 Å². The summed E-state index contributed by atoms with van der Waals surface area (Å²) in [6.07, 6.45) is 4.95. The fourth-order valence-corrected chi connectivity index (χ4v) is 3.75. The van der Waals surface area contributed by atoms with E-state index in [1.54, 1.807) is 65.3 Å². The summed E-state index contributed by atoms with van der Waals surface area (Å²) in [7, 11) is 1.59. The van der Waals surface area contributed by atoms with Gasteiger partial charge in [0.1, 0.15) is 11.9 Å². The van der Waals surface area contributed by atoms with Crippen molar-refractivity contribution in [3.05, 3.63) is 83.8 Å². The van der Waals surface area contributed by atoms with E-state index >= 15 is 0 Å². The molecule has 34 heavy (non-hydrogen) atoms. The standard InChI is InChI=1S/C26H24N6O2/c1-26(2,3)32(23-10-5-17(14-27)15-29-23)25(34)20-11-12-31-22(13-20)21(16-30-31)18-6-8-19(9-7-18)24(33)28-4/h5-13,15-16H,1-4H3,(H,28,33). The molecule has 0 bridgehead atoms. The Kier molecular flexibility index (Phi) is 5.86. The summed E-state index contributed by atoms with van der Waals surface area (Å²) in [6.45, 7) is 5.80. The number of anilines is 1. The van der Waals surface area contributed by atoms with Crippen molar-refractivity contribution in [3.63, 3.8) is 0 Å². The second-order valence-electron chi connectivity index (χ2n) is 8.79. The molecule has 1 N–H and O–H groups in total. The van der Waals surface area contributed by atoms with Crippen molar-refractivity contribution in [1.29, 1.82) is 5.26 Å². The molecule has 0 fully saturated rings. The maximum Gasteiger partial charge on any atom is 0.260 e. The highest BCUT2D eigenvalue weighted by atomic mass is 16.2. The number of carbonyl (C=O) groups is 2. The van der Waals surface area contributed by atoms with Crippen LogP contribution >= 0.6 is 0 Å². The predicted octanol–water partition coefficient (Wildman–Crippen LogP) is 4.07. The molecule has 3 heterocycles. The molecular formula is C26H24N6O2. The van der Waals surface area contributed by atoms with Gasteiger partial charge in [0.25, 0.3) is 11.8 Å². The average Bonchev–Trinajstić information content (AvgIpc) is 3.26. The number of pyridine rings is 2. The number of nitrogens with zero attached hydrogens (tertiary/aromatic N) is 5. The fourth-order valence-electron chi connectivity index (χ4n) is 3.75. The van der Waals surface area contributed by atoms with Gasteiger partial charge in [-0.15, -0.1) is 0 Å². The molecule has 0 unspecified atom stereocenters. The Morgan fingerprint density at radius 2 is 1.76 bits per heavy atom. The highest BCUT2D eigenvalue weighted by Crippen LogP contribution is 2.28. The van der Waals surface area contributed by atoms with Crippen LogP contribution in [0.1, 0.15) is 47.1 Å². The van der Waals surface area contributed by atoms with E-state index in [0.717, 1.165) is 16.6 Å². The molecule has 0 aliphatic rings. The van der Waals surface area contributed by atoms with E-state index in [0.29, 0.717) is 22.5 Å². The van der Waals surface area contributed by atoms with Crippen LogP contribution < -0.4 is 10.2 Å². The van der Waals surface area contributed by atoms with Crippen molar-refractivity contribution < 1.29 is 9.59 Å². The van der Waals surface area contributed by atoms with Crippen LogP contribution in [-0.4, -0.2) is 39.0 Å². The number of nitriles is 1.